The SMILES string of the molecule is CC(N)Cc1ccc(OCc2nc(C3CC3)no2)cn1. The van der Waals surface area contributed by atoms with Crippen LogP contribution in [-0.4, -0.2) is 21.2 Å². The summed E-state index contributed by atoms with van der Waals surface area (Å²) in [6.07, 6.45) is 4.76. The molecule has 3 rings (SSSR count). The summed E-state index contributed by atoms with van der Waals surface area (Å²) in [6, 6.07) is 3.90. The van der Waals surface area contributed by atoms with Crippen LogP contribution in [0.5, 0.6) is 5.75 Å². The molecule has 2 aromatic heterocycles. The predicted octanol–water partition coefficient (Wildman–Crippen LogP) is 1.81. The molecule has 20 heavy (non-hydrogen) atoms. The zero-order valence-electron chi connectivity index (χ0n) is 11.5. The number of hydrogen-bond donors (Lipinski definition) is 1. The lowest BCUT2D eigenvalue weighted by atomic mass is 10.2. The minimum absolute atomic E-state index is 0.105. The molecule has 0 radical (unpaired) electrons. The summed E-state index contributed by atoms with van der Waals surface area (Å²) in [5, 5.41) is 3.94. The normalized spacial score (nSPS) is 16.1. The fourth-order valence-electron chi connectivity index (χ4n) is 1.93. The molecule has 0 aliphatic heterocycles. The maximum absolute atomic E-state index is 5.73. The quantitative estimate of drug-likeness (QED) is 0.864. The molecule has 0 spiro atoms. The van der Waals surface area contributed by atoms with Crippen LogP contribution in [-0.2, 0) is 13.0 Å². The van der Waals surface area contributed by atoms with Gasteiger partial charge in [-0.05, 0) is 31.9 Å². The summed E-state index contributed by atoms with van der Waals surface area (Å²) in [6.45, 7) is 2.23. The summed E-state index contributed by atoms with van der Waals surface area (Å²) in [5.41, 5.74) is 6.69. The highest BCUT2D eigenvalue weighted by molar-refractivity contribution is 5.20. The highest BCUT2D eigenvalue weighted by Crippen LogP contribution is 2.38. The van der Waals surface area contributed by atoms with Gasteiger partial charge in [0.05, 0.1) is 6.20 Å². The topological polar surface area (TPSA) is 87.1 Å². The number of nitrogens with two attached hydrogens (primary N) is 1. The smallest absolute Gasteiger partial charge is 0.264 e. The molecular weight excluding hydrogens is 256 g/mol. The van der Waals surface area contributed by atoms with Crippen molar-refractivity contribution in [2.24, 2.45) is 5.73 Å². The number of pyridine rings is 1. The second kappa shape index (κ2) is 5.58. The second-order valence-electron chi connectivity index (χ2n) is 5.28. The third kappa shape index (κ3) is 3.33. The standard InChI is InChI=1S/C14H18N4O2/c1-9(15)6-11-4-5-12(7-16-11)19-8-13-17-14(18-20-13)10-2-3-10/h4-5,7,9-10H,2-3,6,8,15H2,1H3. The monoisotopic (exact) mass is 274 g/mol. The van der Waals surface area contributed by atoms with E-state index < -0.39 is 0 Å². The largest absolute Gasteiger partial charge is 0.482 e. The van der Waals surface area contributed by atoms with Crippen molar-refractivity contribution in [1.82, 2.24) is 15.1 Å². The zero-order chi connectivity index (χ0) is 13.9. The van der Waals surface area contributed by atoms with E-state index in [2.05, 4.69) is 15.1 Å². The van der Waals surface area contributed by atoms with Gasteiger partial charge in [-0.2, -0.15) is 4.98 Å². The van der Waals surface area contributed by atoms with Crippen molar-refractivity contribution in [3.05, 3.63) is 35.7 Å². The number of aromatic nitrogens is 3. The Balaban J connectivity index is 1.54. The first-order valence-corrected chi connectivity index (χ1v) is 6.86. The molecule has 1 aliphatic carbocycles. The lowest BCUT2D eigenvalue weighted by Gasteiger charge is -2.06. The molecule has 1 fully saturated rings. The Kier molecular flexibility index (Phi) is 3.64. The molecular formula is C14H18N4O2. The van der Waals surface area contributed by atoms with Gasteiger partial charge in [-0.15, -0.1) is 0 Å². The van der Waals surface area contributed by atoms with Gasteiger partial charge in [-0.3, -0.25) is 4.98 Å². The third-order valence-electron chi connectivity index (χ3n) is 3.12. The second-order valence-corrected chi connectivity index (χ2v) is 5.28. The van der Waals surface area contributed by atoms with Crippen molar-refractivity contribution in [2.75, 3.05) is 0 Å². The van der Waals surface area contributed by atoms with Crippen LogP contribution in [0.3, 0.4) is 0 Å². The van der Waals surface area contributed by atoms with Crippen LogP contribution in [0.25, 0.3) is 0 Å². The van der Waals surface area contributed by atoms with E-state index in [4.69, 9.17) is 15.0 Å². The van der Waals surface area contributed by atoms with Crippen molar-refractivity contribution in [3.8, 4) is 5.75 Å². The third-order valence-corrected chi connectivity index (χ3v) is 3.12. The maximum Gasteiger partial charge on any atom is 0.264 e. The Bertz CT molecular complexity index is 561. The van der Waals surface area contributed by atoms with Gasteiger partial charge in [0.15, 0.2) is 12.4 Å². The average Bonchev–Trinajstić information content (AvgIpc) is 3.17. The van der Waals surface area contributed by atoms with Crippen LogP contribution in [0.1, 0.15) is 43.1 Å². The molecule has 2 heterocycles. The highest BCUT2D eigenvalue weighted by atomic mass is 16.5. The summed E-state index contributed by atoms with van der Waals surface area (Å²) >= 11 is 0. The van der Waals surface area contributed by atoms with Crippen LogP contribution in [0.2, 0.25) is 0 Å². The molecule has 0 aromatic carbocycles. The molecule has 6 nitrogen and oxygen atoms in total. The average molecular weight is 274 g/mol. The molecule has 2 aromatic rings. The highest BCUT2D eigenvalue weighted by Gasteiger charge is 2.28. The van der Waals surface area contributed by atoms with Crippen molar-refractivity contribution in [1.29, 1.82) is 0 Å². The van der Waals surface area contributed by atoms with Gasteiger partial charge >= 0.3 is 0 Å². The van der Waals surface area contributed by atoms with Crippen molar-refractivity contribution < 1.29 is 9.26 Å². The summed E-state index contributed by atoms with van der Waals surface area (Å²) in [7, 11) is 0. The van der Waals surface area contributed by atoms with E-state index >= 15 is 0 Å². The fourth-order valence-corrected chi connectivity index (χ4v) is 1.93. The Morgan fingerprint density at radius 1 is 1.45 bits per heavy atom. The summed E-state index contributed by atoms with van der Waals surface area (Å²) < 4.78 is 10.7. The fraction of sp³-hybridized carbons (Fsp3) is 0.500. The van der Waals surface area contributed by atoms with E-state index in [1.54, 1.807) is 6.20 Å². The summed E-state index contributed by atoms with van der Waals surface area (Å²) in [4.78, 5) is 8.61. The molecule has 1 atom stereocenters. The van der Waals surface area contributed by atoms with Gasteiger partial charge < -0.3 is 15.0 Å². The number of rotatable bonds is 6. The molecule has 2 N–H and O–H groups in total. The van der Waals surface area contributed by atoms with Gasteiger partial charge in [0.2, 0.25) is 0 Å². The first-order valence-electron chi connectivity index (χ1n) is 6.86. The Hall–Kier alpha value is -1.95. The van der Waals surface area contributed by atoms with Crippen molar-refractivity contribution >= 4 is 0 Å². The van der Waals surface area contributed by atoms with E-state index in [-0.39, 0.29) is 12.6 Å². The first-order chi connectivity index (χ1) is 9.70. The van der Waals surface area contributed by atoms with Crippen LogP contribution in [0.15, 0.2) is 22.9 Å². The maximum atomic E-state index is 5.73. The molecule has 0 bridgehead atoms. The molecule has 0 saturated heterocycles. The minimum Gasteiger partial charge on any atom is -0.482 e. The Labute approximate surface area is 117 Å². The number of hydrogen-bond acceptors (Lipinski definition) is 6. The Morgan fingerprint density at radius 3 is 2.95 bits per heavy atom. The van der Waals surface area contributed by atoms with E-state index in [9.17, 15) is 0 Å². The molecule has 1 unspecified atom stereocenters. The van der Waals surface area contributed by atoms with Gasteiger partial charge in [-0.25, -0.2) is 0 Å². The van der Waals surface area contributed by atoms with E-state index in [1.807, 2.05) is 19.1 Å². The lowest BCUT2D eigenvalue weighted by molar-refractivity contribution is 0.241. The van der Waals surface area contributed by atoms with Crippen LogP contribution < -0.4 is 10.5 Å². The van der Waals surface area contributed by atoms with E-state index in [0.717, 1.165) is 30.8 Å². The molecule has 1 aliphatic rings. The van der Waals surface area contributed by atoms with Gasteiger partial charge in [0.1, 0.15) is 5.75 Å². The number of ether oxygens (including phenoxy) is 1. The number of nitrogens with zero attached hydrogens (tertiary/aromatic N) is 3. The van der Waals surface area contributed by atoms with E-state index in [0.29, 0.717) is 17.6 Å². The van der Waals surface area contributed by atoms with Crippen LogP contribution in [0, 0.1) is 0 Å². The molecule has 0 amide bonds. The van der Waals surface area contributed by atoms with Crippen LogP contribution in [0.4, 0.5) is 0 Å². The van der Waals surface area contributed by atoms with Crippen molar-refractivity contribution in [2.45, 2.75) is 44.8 Å². The van der Waals surface area contributed by atoms with Gasteiger partial charge in [0, 0.05) is 24.1 Å². The molecule has 6 heteroatoms. The molecule has 1 saturated carbocycles. The van der Waals surface area contributed by atoms with Crippen LogP contribution >= 0.6 is 0 Å². The minimum atomic E-state index is 0.105. The van der Waals surface area contributed by atoms with E-state index in [1.165, 1.54) is 0 Å². The molecule has 106 valence electrons. The zero-order valence-corrected chi connectivity index (χ0v) is 11.5. The van der Waals surface area contributed by atoms with Gasteiger partial charge in [0.25, 0.3) is 5.89 Å². The Morgan fingerprint density at radius 2 is 2.30 bits per heavy atom. The lowest BCUT2D eigenvalue weighted by Crippen LogP contribution is -2.18. The first kappa shape index (κ1) is 13.1. The summed E-state index contributed by atoms with van der Waals surface area (Å²) in [5.74, 6) is 2.48. The predicted molar refractivity (Wildman–Crippen MR) is 72.2 cm³/mol. The van der Waals surface area contributed by atoms with Gasteiger partial charge in [-0.1, -0.05) is 5.16 Å². The van der Waals surface area contributed by atoms with Crippen molar-refractivity contribution in [3.63, 3.8) is 0 Å².